The molecule has 1 aliphatic carbocycles. The number of carbonyl (C=O) groups is 1. The molecule has 1 aliphatic rings. The van der Waals surface area contributed by atoms with Gasteiger partial charge in [-0.1, -0.05) is 30.7 Å². The highest BCUT2D eigenvalue weighted by molar-refractivity contribution is 6.32. The number of anilines is 1. The van der Waals surface area contributed by atoms with Gasteiger partial charge in [0, 0.05) is 48.9 Å². The number of benzene rings is 1. The average Bonchev–Trinajstić information content (AvgIpc) is 3.14. The van der Waals surface area contributed by atoms with Crippen LogP contribution in [-0.4, -0.2) is 53.4 Å². The molecule has 216 valence electrons. The van der Waals surface area contributed by atoms with Crippen molar-refractivity contribution >= 4 is 28.8 Å². The molecule has 1 aromatic heterocycles. The van der Waals surface area contributed by atoms with E-state index in [2.05, 4.69) is 10.4 Å². The van der Waals surface area contributed by atoms with Crippen molar-refractivity contribution in [2.45, 2.75) is 33.4 Å². The van der Waals surface area contributed by atoms with Crippen LogP contribution in [0.2, 0.25) is 0 Å². The van der Waals surface area contributed by atoms with Crippen LogP contribution < -0.4 is 21.9 Å². The Morgan fingerprint density at radius 3 is 2.58 bits per heavy atom. The molecule has 0 fully saturated rings. The van der Waals surface area contributed by atoms with E-state index in [1.165, 1.54) is 11.1 Å². The van der Waals surface area contributed by atoms with E-state index in [1.54, 1.807) is 42.3 Å². The highest BCUT2D eigenvalue weighted by Crippen LogP contribution is 2.38. The Morgan fingerprint density at radius 1 is 1.30 bits per heavy atom. The molecule has 0 saturated carbocycles. The maximum absolute atomic E-state index is 13.9. The first-order valence-corrected chi connectivity index (χ1v) is 13.1. The number of aromatic nitrogens is 2. The van der Waals surface area contributed by atoms with Crippen molar-refractivity contribution in [3.63, 3.8) is 0 Å². The van der Waals surface area contributed by atoms with Crippen molar-refractivity contribution in [2.75, 3.05) is 31.7 Å². The fourth-order valence-corrected chi connectivity index (χ4v) is 4.47. The summed E-state index contributed by atoms with van der Waals surface area (Å²) >= 11 is 6.22. The minimum absolute atomic E-state index is 0.00808. The highest BCUT2D eigenvalue weighted by atomic mass is 35.5. The number of carbonyl (C=O) groups excluding carboxylic acids is 1. The van der Waals surface area contributed by atoms with Gasteiger partial charge in [0.15, 0.2) is 0 Å². The third-order valence-corrected chi connectivity index (χ3v) is 7.30. The molecule has 1 amide bonds. The summed E-state index contributed by atoms with van der Waals surface area (Å²) in [6, 6.07) is 4.87. The van der Waals surface area contributed by atoms with Gasteiger partial charge >= 0.3 is 6.18 Å². The molecule has 0 saturated heterocycles. The summed E-state index contributed by atoms with van der Waals surface area (Å²) in [7, 11) is 3.62. The molecule has 8 nitrogen and oxygen atoms in total. The molecule has 2 aromatic rings. The average molecular weight is 578 g/mol. The van der Waals surface area contributed by atoms with E-state index in [4.69, 9.17) is 23.2 Å². The normalized spacial score (nSPS) is 14.8. The molecule has 0 bridgehead atoms. The van der Waals surface area contributed by atoms with Crippen LogP contribution in [-0.2, 0) is 7.05 Å². The predicted molar refractivity (Wildman–Crippen MR) is 153 cm³/mol. The molecule has 0 atom stereocenters. The second-order valence-electron chi connectivity index (χ2n) is 9.66. The van der Waals surface area contributed by atoms with Gasteiger partial charge in [-0.3, -0.25) is 14.5 Å². The smallest absolute Gasteiger partial charge is 0.326 e. The first-order chi connectivity index (χ1) is 18.8. The van der Waals surface area contributed by atoms with Gasteiger partial charge in [0.1, 0.15) is 0 Å². The Bertz CT molecular complexity index is 1390. The van der Waals surface area contributed by atoms with E-state index in [1.807, 2.05) is 32.7 Å². The number of hydrogen-bond donors (Lipinski definition) is 3. The molecular formula is C28H35ClF3N7O. The fourth-order valence-electron chi connectivity index (χ4n) is 4.17. The number of nitrogens with two attached hydrogens (primary N) is 2. The molecule has 0 spiro atoms. The molecule has 0 aliphatic heterocycles. The quantitative estimate of drug-likeness (QED) is 0.296. The lowest BCUT2D eigenvalue weighted by Crippen LogP contribution is -2.28. The fraction of sp³-hybridized carbons (Fsp3) is 0.357. The van der Waals surface area contributed by atoms with Crippen LogP contribution in [0.4, 0.5) is 18.9 Å². The minimum Gasteiger partial charge on any atom is -0.326 e. The number of rotatable bonds is 9. The van der Waals surface area contributed by atoms with Gasteiger partial charge in [0.25, 0.3) is 5.91 Å². The second-order valence-corrected chi connectivity index (χ2v) is 10.0. The topological polar surface area (TPSA) is 105 Å². The summed E-state index contributed by atoms with van der Waals surface area (Å²) < 4.78 is 43.4. The number of aryl methyl sites for hydroxylation is 2. The van der Waals surface area contributed by atoms with Crippen LogP contribution in [0.15, 0.2) is 64.6 Å². The van der Waals surface area contributed by atoms with Crippen LogP contribution in [0.25, 0.3) is 5.57 Å². The van der Waals surface area contributed by atoms with Crippen LogP contribution >= 0.6 is 11.6 Å². The zero-order valence-electron chi connectivity index (χ0n) is 23.2. The van der Waals surface area contributed by atoms with Gasteiger partial charge in [0.05, 0.1) is 22.5 Å². The summed E-state index contributed by atoms with van der Waals surface area (Å²) in [6.07, 6.45) is 1.24. The lowest BCUT2D eigenvalue weighted by Gasteiger charge is -2.19. The third kappa shape index (κ3) is 7.22. The molecular weight excluding hydrogens is 543 g/mol. The van der Waals surface area contributed by atoms with Crippen molar-refractivity contribution in [1.82, 2.24) is 20.0 Å². The largest absolute Gasteiger partial charge is 0.417 e. The van der Waals surface area contributed by atoms with E-state index >= 15 is 0 Å². The minimum atomic E-state index is -4.70. The summed E-state index contributed by atoms with van der Waals surface area (Å²) in [5.41, 5.74) is 9.43. The monoisotopic (exact) mass is 577 g/mol. The molecule has 0 unspecified atom stereocenters. The number of hydrazine groups is 1. The van der Waals surface area contributed by atoms with Crippen LogP contribution in [0.3, 0.4) is 0 Å². The van der Waals surface area contributed by atoms with E-state index in [0.717, 1.165) is 28.5 Å². The molecule has 0 radical (unpaired) electrons. The SMILES string of the molecule is CCN(C)CC1=C(Cl)C(C(F)(F)F)=CC(NC(=O)c2ccc(C)c(N(N)/C=C(\CN)c3cnn(C)c3C)c2)=CC1. The number of alkyl halides is 3. The number of allylic oxidation sites excluding steroid dienone is 4. The maximum atomic E-state index is 13.9. The summed E-state index contributed by atoms with van der Waals surface area (Å²) in [5, 5.41) is 7.86. The number of amides is 1. The Hall–Kier alpha value is -3.38. The van der Waals surface area contributed by atoms with Crippen molar-refractivity contribution in [1.29, 1.82) is 0 Å². The van der Waals surface area contributed by atoms with Crippen molar-refractivity contribution in [2.24, 2.45) is 18.6 Å². The van der Waals surface area contributed by atoms with E-state index < -0.39 is 17.7 Å². The highest BCUT2D eigenvalue weighted by Gasteiger charge is 2.37. The Kier molecular flexibility index (Phi) is 10.0. The van der Waals surface area contributed by atoms with Crippen LogP contribution in [0.1, 0.15) is 40.5 Å². The van der Waals surface area contributed by atoms with Gasteiger partial charge in [-0.15, -0.1) is 0 Å². The summed E-state index contributed by atoms with van der Waals surface area (Å²) in [5.74, 6) is 5.77. The first kappa shape index (κ1) is 31.2. The number of hydrogen-bond acceptors (Lipinski definition) is 6. The molecule has 5 N–H and O–H groups in total. The molecule has 40 heavy (non-hydrogen) atoms. The summed E-state index contributed by atoms with van der Waals surface area (Å²) in [4.78, 5) is 15.0. The third-order valence-electron chi connectivity index (χ3n) is 6.82. The zero-order chi connectivity index (χ0) is 29.8. The molecule has 12 heteroatoms. The lowest BCUT2D eigenvalue weighted by atomic mass is 10.1. The van der Waals surface area contributed by atoms with E-state index in [-0.39, 0.29) is 35.8 Å². The number of halogens is 4. The van der Waals surface area contributed by atoms with Gasteiger partial charge in [0.2, 0.25) is 0 Å². The van der Waals surface area contributed by atoms with E-state index in [9.17, 15) is 18.0 Å². The van der Waals surface area contributed by atoms with Crippen LogP contribution in [0, 0.1) is 13.8 Å². The Labute approximate surface area is 237 Å². The molecule has 1 aromatic carbocycles. The number of likely N-dealkylation sites (N-methyl/N-ethyl adjacent to an activating group) is 1. The van der Waals surface area contributed by atoms with Crippen molar-refractivity contribution < 1.29 is 18.0 Å². The summed E-state index contributed by atoms with van der Waals surface area (Å²) in [6.45, 7) is 6.76. The van der Waals surface area contributed by atoms with Crippen molar-refractivity contribution in [3.05, 3.63) is 87.0 Å². The predicted octanol–water partition coefficient (Wildman–Crippen LogP) is 4.67. The van der Waals surface area contributed by atoms with Crippen LogP contribution in [0.5, 0.6) is 0 Å². The standard InChI is InChI=1S/C28H35ClF3N7O/c1-6-37(4)15-20-9-10-22(12-24(26(20)29)28(30,31)32)36-27(40)19-8-7-17(2)25(11-19)39(34)16-21(13-33)23-14-35-38(5)18(23)3/h7-8,10-12,14,16H,6,9,13,15,33-34H2,1-5H3,(H,36,40)/b21-16+. The van der Waals surface area contributed by atoms with E-state index in [0.29, 0.717) is 17.8 Å². The van der Waals surface area contributed by atoms with Gasteiger partial charge < -0.3 is 16.0 Å². The second kappa shape index (κ2) is 12.9. The number of nitrogens with one attached hydrogen (secondary N) is 1. The number of nitrogens with zero attached hydrogens (tertiary/aromatic N) is 4. The molecule has 3 rings (SSSR count). The Balaban J connectivity index is 1.89. The first-order valence-electron chi connectivity index (χ1n) is 12.7. The zero-order valence-corrected chi connectivity index (χ0v) is 24.0. The molecule has 1 heterocycles. The van der Waals surface area contributed by atoms with Crippen molar-refractivity contribution in [3.8, 4) is 0 Å². The maximum Gasteiger partial charge on any atom is 0.417 e. The van der Waals surface area contributed by atoms with Gasteiger partial charge in [-0.25, -0.2) is 5.84 Å². The van der Waals surface area contributed by atoms with Gasteiger partial charge in [-0.05, 0) is 68.8 Å². The lowest BCUT2D eigenvalue weighted by molar-refractivity contribution is -0.0888. The Morgan fingerprint density at radius 2 is 2.00 bits per heavy atom. The van der Waals surface area contributed by atoms with Gasteiger partial charge in [-0.2, -0.15) is 18.3 Å².